The molecule has 4 amide bonds. The SMILES string of the molecule is CC(=O)N[C@@H]1[C@@H](O)[C@H](O[C@@H]2O[C@H](CO)[C@@H](O[C@@H]3O[C@H](CO)[C@@H](O)[C@H](O)[C@H]3NC(C)=O)[C@H](O)[C@H]2NC(C)=O)[C@@H](CO)O[C@H]1NC(=O)CC[C@H](N)C(=O)O. The van der Waals surface area contributed by atoms with Crippen molar-refractivity contribution in [3.05, 3.63) is 0 Å². The summed E-state index contributed by atoms with van der Waals surface area (Å²) in [7, 11) is 0. The molecule has 14 N–H and O–H groups in total. The van der Waals surface area contributed by atoms with Crippen LogP contribution in [-0.4, -0.2) is 188 Å². The summed E-state index contributed by atoms with van der Waals surface area (Å²) in [5, 5.41) is 92.7. The third kappa shape index (κ3) is 10.7. The summed E-state index contributed by atoms with van der Waals surface area (Å²) in [4.78, 5) is 59.9. The maximum atomic E-state index is 12.6. The summed E-state index contributed by atoms with van der Waals surface area (Å²) in [5.41, 5.74) is 5.45. The molecule has 0 aromatic carbocycles. The maximum Gasteiger partial charge on any atom is 0.320 e. The van der Waals surface area contributed by atoms with Gasteiger partial charge >= 0.3 is 5.97 Å². The number of carboxylic acids is 1. The number of aliphatic hydroxyl groups excluding tert-OH is 7. The molecule has 0 unspecified atom stereocenters. The predicted molar refractivity (Wildman–Crippen MR) is 167 cm³/mol. The molecule has 3 heterocycles. The first-order valence-electron chi connectivity index (χ1n) is 16.3. The Morgan fingerprint density at radius 2 is 1.06 bits per heavy atom. The number of carboxylic acid groups (broad SMARTS) is 1. The smallest absolute Gasteiger partial charge is 0.320 e. The average molecular weight is 756 g/mol. The molecule has 3 fully saturated rings. The standard InChI is InChI=1S/C29H49N5O18/c1-9(38)31-17-22(44)24(14(7-36)48-26(17)34-16(41)5-4-12(30)27(46)47)51-29-19(33-11(3)40)23(45)25(15(8-37)50-29)52-28-18(32-10(2)39)21(43)20(42)13(6-35)49-28/h12-15,17-26,28-29,35-37,42-45H,4-8,30H2,1-3H3,(H,31,38)(H,32,39)(H,33,40)(H,34,41)(H,46,47)/t12-,13+,14+,15+,17+,18+,19+,20+,21+,22+,23+,24+,25+,26+,28-,29-/m0/s1. The largest absolute Gasteiger partial charge is 0.480 e. The number of ether oxygens (including phenoxy) is 5. The lowest BCUT2D eigenvalue weighted by Gasteiger charge is -2.50. The van der Waals surface area contributed by atoms with Gasteiger partial charge in [0.25, 0.3) is 0 Å². The number of hydrogen-bond donors (Lipinski definition) is 13. The van der Waals surface area contributed by atoms with E-state index in [-0.39, 0.29) is 12.8 Å². The minimum atomic E-state index is -1.84. The van der Waals surface area contributed by atoms with Crippen molar-refractivity contribution in [2.75, 3.05) is 19.8 Å². The maximum absolute atomic E-state index is 12.6. The van der Waals surface area contributed by atoms with Crippen LogP contribution in [0.25, 0.3) is 0 Å². The quantitative estimate of drug-likeness (QED) is 0.0738. The summed E-state index contributed by atoms with van der Waals surface area (Å²) < 4.78 is 29.1. The molecule has 23 nitrogen and oxygen atoms in total. The van der Waals surface area contributed by atoms with Crippen LogP contribution in [0.2, 0.25) is 0 Å². The lowest BCUT2D eigenvalue weighted by atomic mass is 9.93. The molecule has 0 aromatic heterocycles. The fourth-order valence-corrected chi connectivity index (χ4v) is 6.07. The molecular formula is C29H49N5O18. The van der Waals surface area contributed by atoms with E-state index in [2.05, 4.69) is 21.3 Å². The summed E-state index contributed by atoms with van der Waals surface area (Å²) in [6.45, 7) is 0.748. The van der Waals surface area contributed by atoms with Gasteiger partial charge in [-0.3, -0.25) is 24.0 Å². The highest BCUT2D eigenvalue weighted by Crippen LogP contribution is 2.32. The first kappa shape index (κ1) is 43.2. The van der Waals surface area contributed by atoms with Gasteiger partial charge in [0.2, 0.25) is 23.6 Å². The molecular weight excluding hydrogens is 706 g/mol. The van der Waals surface area contributed by atoms with E-state index in [1.807, 2.05) is 0 Å². The molecule has 3 aliphatic rings. The van der Waals surface area contributed by atoms with Crippen molar-refractivity contribution in [2.45, 2.75) is 132 Å². The van der Waals surface area contributed by atoms with Gasteiger partial charge in [-0.05, 0) is 6.42 Å². The van der Waals surface area contributed by atoms with E-state index in [1.165, 1.54) is 0 Å². The van der Waals surface area contributed by atoms with Gasteiger partial charge in [0.05, 0.1) is 19.8 Å². The zero-order chi connectivity index (χ0) is 39.0. The number of aliphatic hydroxyl groups is 7. The van der Waals surface area contributed by atoms with Gasteiger partial charge in [0.1, 0.15) is 79.1 Å². The Morgan fingerprint density at radius 3 is 1.52 bits per heavy atom. The van der Waals surface area contributed by atoms with Crippen molar-refractivity contribution in [3.63, 3.8) is 0 Å². The van der Waals surface area contributed by atoms with Crippen molar-refractivity contribution in [3.8, 4) is 0 Å². The van der Waals surface area contributed by atoms with Crippen LogP contribution >= 0.6 is 0 Å². The van der Waals surface area contributed by atoms with Gasteiger partial charge in [0, 0.05) is 27.2 Å². The van der Waals surface area contributed by atoms with Gasteiger partial charge in [-0.1, -0.05) is 0 Å². The Morgan fingerprint density at radius 1 is 0.635 bits per heavy atom. The number of carbonyl (C=O) groups excluding carboxylic acids is 4. The Balaban J connectivity index is 1.87. The fourth-order valence-electron chi connectivity index (χ4n) is 6.07. The molecule has 0 bridgehead atoms. The number of rotatable bonds is 15. The number of hydrogen-bond acceptors (Lipinski definition) is 18. The van der Waals surface area contributed by atoms with Crippen LogP contribution in [-0.2, 0) is 47.7 Å². The van der Waals surface area contributed by atoms with Crippen molar-refractivity contribution in [2.24, 2.45) is 5.73 Å². The average Bonchev–Trinajstić information content (AvgIpc) is 3.07. The van der Waals surface area contributed by atoms with Crippen LogP contribution in [0.4, 0.5) is 0 Å². The van der Waals surface area contributed by atoms with E-state index >= 15 is 0 Å². The van der Waals surface area contributed by atoms with E-state index in [0.717, 1.165) is 20.8 Å². The highest BCUT2D eigenvalue weighted by atomic mass is 16.7. The summed E-state index contributed by atoms with van der Waals surface area (Å²) >= 11 is 0. The number of amides is 4. The number of nitrogens with two attached hydrogens (primary N) is 1. The normalized spacial score (nSPS) is 38.4. The van der Waals surface area contributed by atoms with Crippen molar-refractivity contribution >= 4 is 29.6 Å². The zero-order valence-electron chi connectivity index (χ0n) is 28.5. The third-order valence-corrected chi connectivity index (χ3v) is 8.63. The second-order valence-electron chi connectivity index (χ2n) is 12.6. The van der Waals surface area contributed by atoms with Crippen LogP contribution in [0.3, 0.4) is 0 Å². The molecule has 0 spiro atoms. The van der Waals surface area contributed by atoms with E-state index < -0.39 is 147 Å². The molecule has 0 aromatic rings. The Labute approximate surface area is 296 Å². The van der Waals surface area contributed by atoms with E-state index in [1.54, 1.807) is 0 Å². The molecule has 16 atom stereocenters. The highest BCUT2D eigenvalue weighted by Gasteiger charge is 2.54. The first-order chi connectivity index (χ1) is 24.4. The first-order valence-corrected chi connectivity index (χ1v) is 16.3. The second-order valence-corrected chi connectivity index (χ2v) is 12.6. The third-order valence-electron chi connectivity index (χ3n) is 8.63. The highest BCUT2D eigenvalue weighted by molar-refractivity contribution is 5.79. The van der Waals surface area contributed by atoms with Gasteiger partial charge in [-0.15, -0.1) is 0 Å². The van der Waals surface area contributed by atoms with Crippen LogP contribution in [0.5, 0.6) is 0 Å². The molecule has 0 aliphatic carbocycles. The second kappa shape index (κ2) is 19.2. The molecule has 3 aliphatic heterocycles. The van der Waals surface area contributed by atoms with E-state index in [4.69, 9.17) is 34.5 Å². The molecule has 52 heavy (non-hydrogen) atoms. The van der Waals surface area contributed by atoms with Crippen LogP contribution in [0.1, 0.15) is 33.6 Å². The topological polar surface area (TPSA) is 367 Å². The van der Waals surface area contributed by atoms with E-state index in [9.17, 15) is 59.7 Å². The molecule has 23 heteroatoms. The van der Waals surface area contributed by atoms with Crippen LogP contribution in [0, 0.1) is 0 Å². The van der Waals surface area contributed by atoms with Crippen molar-refractivity contribution < 1.29 is 88.5 Å². The molecule has 0 saturated carbocycles. The van der Waals surface area contributed by atoms with Gasteiger partial charge in [-0.2, -0.15) is 0 Å². The van der Waals surface area contributed by atoms with Gasteiger partial charge in [-0.25, -0.2) is 0 Å². The molecule has 3 rings (SSSR count). The predicted octanol–water partition coefficient (Wildman–Crippen LogP) is -7.83. The van der Waals surface area contributed by atoms with E-state index in [0.29, 0.717) is 0 Å². The van der Waals surface area contributed by atoms with Crippen LogP contribution in [0.15, 0.2) is 0 Å². The van der Waals surface area contributed by atoms with Crippen LogP contribution < -0.4 is 27.0 Å². The fraction of sp³-hybridized carbons (Fsp3) is 0.828. The lowest BCUT2D eigenvalue weighted by Crippen LogP contribution is -2.72. The zero-order valence-corrected chi connectivity index (χ0v) is 28.5. The monoisotopic (exact) mass is 755 g/mol. The molecule has 3 saturated heterocycles. The minimum absolute atomic E-state index is 0.260. The Bertz CT molecular complexity index is 1250. The molecule has 298 valence electrons. The number of nitrogens with one attached hydrogen (secondary N) is 4. The number of carbonyl (C=O) groups is 5. The van der Waals surface area contributed by atoms with Crippen molar-refractivity contribution in [1.82, 2.24) is 21.3 Å². The Kier molecular flexibility index (Phi) is 16.0. The summed E-state index contributed by atoms with van der Waals surface area (Å²) in [5.74, 6) is -4.20. The molecule has 0 radical (unpaired) electrons. The summed E-state index contributed by atoms with van der Waals surface area (Å²) in [6, 6.07) is -5.82. The van der Waals surface area contributed by atoms with Crippen molar-refractivity contribution in [1.29, 1.82) is 0 Å². The van der Waals surface area contributed by atoms with Gasteiger partial charge in [0.15, 0.2) is 18.8 Å². The van der Waals surface area contributed by atoms with Gasteiger partial charge < -0.3 is 91.5 Å². The number of aliphatic carboxylic acids is 1. The lowest BCUT2D eigenvalue weighted by molar-refractivity contribution is -0.347. The minimum Gasteiger partial charge on any atom is -0.480 e. The summed E-state index contributed by atoms with van der Waals surface area (Å²) in [6.07, 6.45) is -20.2. The Hall–Kier alpha value is -3.17.